The monoisotopic (exact) mass is 216 g/mol. The second kappa shape index (κ2) is 5.11. The minimum Gasteiger partial charge on any atom is -0.377 e. The second-order valence-corrected chi connectivity index (χ2v) is 4.18. The first kappa shape index (κ1) is 11.1. The van der Waals surface area contributed by atoms with Crippen molar-refractivity contribution < 1.29 is 4.74 Å². The van der Waals surface area contributed by atoms with Crippen LogP contribution >= 0.6 is 0 Å². The van der Waals surface area contributed by atoms with Gasteiger partial charge in [-0.3, -0.25) is 4.90 Å². The van der Waals surface area contributed by atoms with Gasteiger partial charge >= 0.3 is 0 Å². The van der Waals surface area contributed by atoms with Crippen molar-refractivity contribution in [1.82, 2.24) is 4.90 Å². The predicted octanol–water partition coefficient (Wildman–Crippen LogP) is 1.72. The smallest absolute Gasteiger partial charge is 0.122 e. The van der Waals surface area contributed by atoms with Gasteiger partial charge in [0, 0.05) is 13.1 Å². The summed E-state index contributed by atoms with van der Waals surface area (Å²) in [6, 6.07) is 10.6. The maximum atomic E-state index is 9.01. The highest BCUT2D eigenvalue weighted by Crippen LogP contribution is 2.12. The molecule has 0 saturated carbocycles. The Bertz CT molecular complexity index is 380. The Morgan fingerprint density at radius 3 is 2.88 bits per heavy atom. The van der Waals surface area contributed by atoms with Gasteiger partial charge < -0.3 is 4.74 Å². The molecule has 1 unspecified atom stereocenters. The Morgan fingerprint density at radius 1 is 1.44 bits per heavy atom. The van der Waals surface area contributed by atoms with Gasteiger partial charge in [-0.1, -0.05) is 29.8 Å². The summed E-state index contributed by atoms with van der Waals surface area (Å²) in [4.78, 5) is 2.17. The van der Waals surface area contributed by atoms with Crippen molar-refractivity contribution in [3.63, 3.8) is 0 Å². The number of aryl methyl sites for hydroxylation is 1. The van der Waals surface area contributed by atoms with Crippen LogP contribution in [0, 0.1) is 18.3 Å². The molecule has 3 nitrogen and oxygen atoms in total. The molecule has 0 bridgehead atoms. The third-order valence-electron chi connectivity index (χ3n) is 2.89. The lowest BCUT2D eigenvalue weighted by Gasteiger charge is -2.31. The number of morpholine rings is 1. The van der Waals surface area contributed by atoms with Crippen molar-refractivity contribution >= 4 is 0 Å². The Morgan fingerprint density at radius 2 is 2.19 bits per heavy atom. The average molecular weight is 216 g/mol. The SMILES string of the molecule is Cc1ccc(CN2CCOCC2C#N)cc1. The molecule has 3 heteroatoms. The van der Waals surface area contributed by atoms with Crippen molar-refractivity contribution in [3.8, 4) is 6.07 Å². The fraction of sp³-hybridized carbons (Fsp3) is 0.462. The third-order valence-corrected chi connectivity index (χ3v) is 2.89. The zero-order valence-corrected chi connectivity index (χ0v) is 9.52. The van der Waals surface area contributed by atoms with Gasteiger partial charge in [0.05, 0.1) is 19.3 Å². The van der Waals surface area contributed by atoms with Crippen LogP contribution < -0.4 is 0 Å². The van der Waals surface area contributed by atoms with Gasteiger partial charge in [-0.25, -0.2) is 0 Å². The number of ether oxygens (including phenoxy) is 1. The van der Waals surface area contributed by atoms with Gasteiger partial charge in [0.1, 0.15) is 6.04 Å². The summed E-state index contributed by atoms with van der Waals surface area (Å²) in [6.45, 7) is 5.01. The number of benzene rings is 1. The molecule has 1 heterocycles. The highest BCUT2D eigenvalue weighted by atomic mass is 16.5. The predicted molar refractivity (Wildman–Crippen MR) is 61.8 cm³/mol. The molecular formula is C13H16N2O. The van der Waals surface area contributed by atoms with Crippen molar-refractivity contribution in [2.24, 2.45) is 0 Å². The summed E-state index contributed by atoms with van der Waals surface area (Å²) in [5.41, 5.74) is 2.52. The van der Waals surface area contributed by atoms with Crippen molar-refractivity contribution in [3.05, 3.63) is 35.4 Å². The molecule has 0 amide bonds. The topological polar surface area (TPSA) is 36.3 Å². The molecule has 1 aliphatic heterocycles. The van der Waals surface area contributed by atoms with Gasteiger partial charge in [-0.05, 0) is 12.5 Å². The molecule has 0 radical (unpaired) electrons. The molecule has 0 N–H and O–H groups in total. The van der Waals surface area contributed by atoms with Crippen LogP contribution in [-0.2, 0) is 11.3 Å². The molecule has 1 saturated heterocycles. The van der Waals surface area contributed by atoms with E-state index in [0.29, 0.717) is 6.61 Å². The summed E-state index contributed by atoms with van der Waals surface area (Å²) in [6.07, 6.45) is 0. The summed E-state index contributed by atoms with van der Waals surface area (Å²) >= 11 is 0. The zero-order valence-electron chi connectivity index (χ0n) is 9.52. The van der Waals surface area contributed by atoms with E-state index >= 15 is 0 Å². The summed E-state index contributed by atoms with van der Waals surface area (Å²) in [5.74, 6) is 0. The van der Waals surface area contributed by atoms with Gasteiger partial charge in [-0.15, -0.1) is 0 Å². The fourth-order valence-corrected chi connectivity index (χ4v) is 1.87. The fourth-order valence-electron chi connectivity index (χ4n) is 1.87. The van der Waals surface area contributed by atoms with E-state index in [-0.39, 0.29) is 6.04 Å². The molecule has 1 aliphatic rings. The number of hydrogen-bond donors (Lipinski definition) is 0. The van der Waals surface area contributed by atoms with Crippen LogP contribution in [0.4, 0.5) is 0 Å². The maximum Gasteiger partial charge on any atom is 0.122 e. The number of nitriles is 1. The van der Waals surface area contributed by atoms with E-state index in [1.165, 1.54) is 11.1 Å². The van der Waals surface area contributed by atoms with Crippen molar-refractivity contribution in [2.45, 2.75) is 19.5 Å². The molecule has 0 aromatic heterocycles. The van der Waals surface area contributed by atoms with Gasteiger partial charge in [-0.2, -0.15) is 5.26 Å². The van der Waals surface area contributed by atoms with Gasteiger partial charge in [0.15, 0.2) is 0 Å². The Balaban J connectivity index is 2.02. The first-order valence-electron chi connectivity index (χ1n) is 5.56. The van der Waals surface area contributed by atoms with E-state index in [9.17, 15) is 0 Å². The zero-order chi connectivity index (χ0) is 11.4. The third kappa shape index (κ3) is 2.60. The summed E-state index contributed by atoms with van der Waals surface area (Å²) in [7, 11) is 0. The molecule has 1 aromatic carbocycles. The first-order valence-corrected chi connectivity index (χ1v) is 5.56. The van der Waals surface area contributed by atoms with E-state index in [1.807, 2.05) is 0 Å². The Hall–Kier alpha value is -1.37. The lowest BCUT2D eigenvalue weighted by Crippen LogP contribution is -2.43. The standard InChI is InChI=1S/C13H16N2O/c1-11-2-4-12(5-3-11)9-15-6-7-16-10-13(15)8-14/h2-5,13H,6-7,9-10H2,1H3. The van der Waals surface area contributed by atoms with Gasteiger partial charge in [0.25, 0.3) is 0 Å². The van der Waals surface area contributed by atoms with Crippen LogP contribution in [0.3, 0.4) is 0 Å². The van der Waals surface area contributed by atoms with E-state index in [2.05, 4.69) is 42.2 Å². The lowest BCUT2D eigenvalue weighted by molar-refractivity contribution is 0.00889. The minimum absolute atomic E-state index is 0.102. The Kier molecular flexibility index (Phi) is 3.55. The largest absolute Gasteiger partial charge is 0.377 e. The van der Waals surface area contributed by atoms with Crippen LogP contribution in [0.15, 0.2) is 24.3 Å². The molecule has 2 rings (SSSR count). The van der Waals surface area contributed by atoms with Crippen LogP contribution in [0.25, 0.3) is 0 Å². The Labute approximate surface area is 96.2 Å². The molecule has 1 atom stereocenters. The molecule has 1 aromatic rings. The molecule has 16 heavy (non-hydrogen) atoms. The molecular weight excluding hydrogens is 200 g/mol. The summed E-state index contributed by atoms with van der Waals surface area (Å²) < 4.78 is 5.30. The normalized spacial score (nSPS) is 21.6. The molecule has 84 valence electrons. The van der Waals surface area contributed by atoms with E-state index in [4.69, 9.17) is 10.00 Å². The number of nitrogens with zero attached hydrogens (tertiary/aromatic N) is 2. The van der Waals surface area contributed by atoms with E-state index in [1.54, 1.807) is 0 Å². The summed E-state index contributed by atoms with van der Waals surface area (Å²) in [5, 5.41) is 9.01. The number of rotatable bonds is 2. The van der Waals surface area contributed by atoms with Crippen molar-refractivity contribution in [2.75, 3.05) is 19.8 Å². The van der Waals surface area contributed by atoms with Crippen LogP contribution in [0.5, 0.6) is 0 Å². The van der Waals surface area contributed by atoms with E-state index in [0.717, 1.165) is 19.7 Å². The minimum atomic E-state index is -0.102. The van der Waals surface area contributed by atoms with Crippen LogP contribution in [-0.4, -0.2) is 30.7 Å². The quantitative estimate of drug-likeness (QED) is 0.755. The average Bonchev–Trinajstić information content (AvgIpc) is 2.33. The van der Waals surface area contributed by atoms with Gasteiger partial charge in [0.2, 0.25) is 0 Å². The van der Waals surface area contributed by atoms with Crippen molar-refractivity contribution in [1.29, 1.82) is 5.26 Å². The van der Waals surface area contributed by atoms with Crippen LogP contribution in [0.1, 0.15) is 11.1 Å². The molecule has 0 spiro atoms. The van der Waals surface area contributed by atoms with Crippen LogP contribution in [0.2, 0.25) is 0 Å². The second-order valence-electron chi connectivity index (χ2n) is 4.18. The first-order chi connectivity index (χ1) is 7.79. The highest BCUT2D eigenvalue weighted by molar-refractivity contribution is 5.21. The maximum absolute atomic E-state index is 9.01. The highest BCUT2D eigenvalue weighted by Gasteiger charge is 2.22. The molecule has 1 fully saturated rings. The lowest BCUT2D eigenvalue weighted by atomic mass is 10.1. The number of hydrogen-bond acceptors (Lipinski definition) is 3. The van der Waals surface area contributed by atoms with E-state index < -0.39 is 0 Å². The molecule has 0 aliphatic carbocycles.